The lowest BCUT2D eigenvalue weighted by Gasteiger charge is -2.14. The van der Waals surface area contributed by atoms with Crippen molar-refractivity contribution in [2.45, 2.75) is 29.4 Å². The van der Waals surface area contributed by atoms with E-state index in [1.807, 2.05) is 36.4 Å². The highest BCUT2D eigenvalue weighted by Crippen LogP contribution is 2.31. The maximum atomic E-state index is 12.5. The number of unbranched alkanes of at least 4 members (excludes halogenated alkanes) is 1. The standard InChI is InChI=1S/C22H23N3O3S/c26-20(11-10-17-7-6-12-23-16-17)24-13-4-5-14-25-21(27)15-19(22(25)28)29-18-8-2-1-3-9-18/h1-3,6-12,16,19H,4-5,13-15H2,(H,24,26)/b11-10+. The first-order chi connectivity index (χ1) is 14.1. The van der Waals surface area contributed by atoms with E-state index in [2.05, 4.69) is 10.3 Å². The Morgan fingerprint density at radius 3 is 2.76 bits per heavy atom. The Labute approximate surface area is 174 Å². The molecule has 0 saturated carbocycles. The highest BCUT2D eigenvalue weighted by molar-refractivity contribution is 8.00. The third kappa shape index (κ3) is 6.29. The summed E-state index contributed by atoms with van der Waals surface area (Å²) in [5, 5.41) is 2.46. The fraction of sp³-hybridized carbons (Fsp3) is 0.273. The summed E-state index contributed by atoms with van der Waals surface area (Å²) in [4.78, 5) is 42.8. The maximum absolute atomic E-state index is 12.5. The van der Waals surface area contributed by atoms with Crippen molar-refractivity contribution < 1.29 is 14.4 Å². The third-order valence-corrected chi connectivity index (χ3v) is 5.64. The van der Waals surface area contributed by atoms with Crippen molar-refractivity contribution in [2.24, 2.45) is 0 Å². The Balaban J connectivity index is 1.36. The fourth-order valence-corrected chi connectivity index (χ4v) is 4.05. The third-order valence-electron chi connectivity index (χ3n) is 4.44. The number of carbonyl (C=O) groups is 3. The number of aromatic nitrogens is 1. The molecular weight excluding hydrogens is 386 g/mol. The van der Waals surface area contributed by atoms with Gasteiger partial charge in [-0.1, -0.05) is 24.3 Å². The normalized spacial score (nSPS) is 16.6. The van der Waals surface area contributed by atoms with Crippen LogP contribution in [0.3, 0.4) is 0 Å². The number of nitrogens with one attached hydrogen (secondary N) is 1. The molecule has 150 valence electrons. The van der Waals surface area contributed by atoms with Crippen molar-refractivity contribution in [1.82, 2.24) is 15.2 Å². The molecule has 1 saturated heterocycles. The summed E-state index contributed by atoms with van der Waals surface area (Å²) in [6.07, 6.45) is 8.12. The Bertz CT molecular complexity index is 871. The molecule has 1 aromatic heterocycles. The smallest absolute Gasteiger partial charge is 0.243 e. The van der Waals surface area contributed by atoms with Gasteiger partial charge in [-0.25, -0.2) is 0 Å². The lowest BCUT2D eigenvalue weighted by atomic mass is 10.2. The maximum Gasteiger partial charge on any atom is 0.243 e. The molecule has 3 rings (SSSR count). The van der Waals surface area contributed by atoms with Crippen LogP contribution in [0.5, 0.6) is 0 Å². The Kier molecular flexibility index (Phi) is 7.58. The topological polar surface area (TPSA) is 79.4 Å². The van der Waals surface area contributed by atoms with Crippen molar-refractivity contribution in [1.29, 1.82) is 0 Å². The summed E-state index contributed by atoms with van der Waals surface area (Å²) >= 11 is 1.44. The summed E-state index contributed by atoms with van der Waals surface area (Å²) in [5.41, 5.74) is 0.858. The van der Waals surface area contributed by atoms with Crippen molar-refractivity contribution in [3.63, 3.8) is 0 Å². The molecule has 1 fully saturated rings. The molecule has 1 unspecified atom stereocenters. The molecular formula is C22H23N3O3S. The number of imide groups is 1. The first kappa shape index (κ1) is 20.8. The van der Waals surface area contributed by atoms with E-state index in [9.17, 15) is 14.4 Å². The van der Waals surface area contributed by atoms with Crippen molar-refractivity contribution in [2.75, 3.05) is 13.1 Å². The number of carbonyl (C=O) groups excluding carboxylic acids is 3. The molecule has 1 N–H and O–H groups in total. The zero-order chi connectivity index (χ0) is 20.5. The van der Waals surface area contributed by atoms with Crippen LogP contribution in [0.1, 0.15) is 24.8 Å². The minimum atomic E-state index is -0.345. The van der Waals surface area contributed by atoms with Gasteiger partial charge in [0.2, 0.25) is 17.7 Å². The lowest BCUT2D eigenvalue weighted by Crippen LogP contribution is -2.32. The molecule has 0 spiro atoms. The Morgan fingerprint density at radius 1 is 1.17 bits per heavy atom. The van der Waals surface area contributed by atoms with E-state index >= 15 is 0 Å². The fourth-order valence-electron chi connectivity index (χ4n) is 2.96. The molecule has 29 heavy (non-hydrogen) atoms. The van der Waals surface area contributed by atoms with E-state index in [1.54, 1.807) is 24.5 Å². The minimum Gasteiger partial charge on any atom is -0.353 e. The predicted octanol–water partition coefficient (Wildman–Crippen LogP) is 2.91. The van der Waals surface area contributed by atoms with E-state index in [4.69, 9.17) is 0 Å². The molecule has 3 amide bonds. The quantitative estimate of drug-likeness (QED) is 0.391. The molecule has 2 heterocycles. The van der Waals surface area contributed by atoms with Crippen LogP contribution in [0.15, 0.2) is 65.8 Å². The Morgan fingerprint density at radius 2 is 2.00 bits per heavy atom. The average molecular weight is 410 g/mol. The number of hydrogen-bond donors (Lipinski definition) is 1. The number of hydrogen-bond acceptors (Lipinski definition) is 5. The number of pyridine rings is 1. The zero-order valence-corrected chi connectivity index (χ0v) is 16.8. The number of benzene rings is 1. The van der Waals surface area contributed by atoms with Crippen LogP contribution < -0.4 is 5.32 Å². The summed E-state index contributed by atoms with van der Waals surface area (Å²) in [6, 6.07) is 13.3. The predicted molar refractivity (Wildman–Crippen MR) is 113 cm³/mol. The molecule has 1 aliphatic heterocycles. The number of amides is 3. The first-order valence-corrected chi connectivity index (χ1v) is 10.4. The lowest BCUT2D eigenvalue weighted by molar-refractivity contribution is -0.138. The second-order valence-electron chi connectivity index (χ2n) is 6.63. The van der Waals surface area contributed by atoms with Crippen LogP contribution in [0.4, 0.5) is 0 Å². The number of likely N-dealkylation sites (tertiary alicyclic amines) is 1. The van der Waals surface area contributed by atoms with Crippen LogP contribution in [0, 0.1) is 0 Å². The van der Waals surface area contributed by atoms with Gasteiger partial charge in [0, 0.05) is 42.9 Å². The van der Waals surface area contributed by atoms with Crippen LogP contribution in [-0.4, -0.2) is 45.9 Å². The van der Waals surface area contributed by atoms with Gasteiger partial charge in [-0.2, -0.15) is 0 Å². The average Bonchev–Trinajstić information content (AvgIpc) is 3.00. The molecule has 0 radical (unpaired) electrons. The van der Waals surface area contributed by atoms with Gasteiger partial charge in [-0.3, -0.25) is 24.3 Å². The van der Waals surface area contributed by atoms with Crippen LogP contribution in [0.25, 0.3) is 6.08 Å². The molecule has 1 aliphatic rings. The summed E-state index contributed by atoms with van der Waals surface area (Å²) in [5.74, 6) is -0.416. The number of nitrogens with zero attached hydrogens (tertiary/aromatic N) is 2. The van der Waals surface area contributed by atoms with E-state index in [-0.39, 0.29) is 29.4 Å². The van der Waals surface area contributed by atoms with Gasteiger partial charge in [0.25, 0.3) is 0 Å². The summed E-state index contributed by atoms with van der Waals surface area (Å²) in [6.45, 7) is 0.888. The number of thioether (sulfide) groups is 1. The Hall–Kier alpha value is -2.93. The first-order valence-electron chi connectivity index (χ1n) is 9.55. The molecule has 6 nitrogen and oxygen atoms in total. The molecule has 2 aromatic rings. The molecule has 0 aliphatic carbocycles. The van der Waals surface area contributed by atoms with Crippen LogP contribution >= 0.6 is 11.8 Å². The van der Waals surface area contributed by atoms with Gasteiger partial charge in [-0.05, 0) is 42.7 Å². The SMILES string of the molecule is O=C(/C=C/c1cccnc1)NCCCCN1C(=O)CC(Sc2ccccc2)C1=O. The highest BCUT2D eigenvalue weighted by atomic mass is 32.2. The van der Waals surface area contributed by atoms with Gasteiger partial charge in [0.1, 0.15) is 0 Å². The van der Waals surface area contributed by atoms with Gasteiger partial charge in [0.05, 0.1) is 5.25 Å². The largest absolute Gasteiger partial charge is 0.353 e. The second-order valence-corrected chi connectivity index (χ2v) is 7.90. The molecule has 7 heteroatoms. The van der Waals surface area contributed by atoms with Crippen molar-refractivity contribution in [3.05, 3.63) is 66.5 Å². The monoisotopic (exact) mass is 409 g/mol. The van der Waals surface area contributed by atoms with Crippen LogP contribution in [-0.2, 0) is 14.4 Å². The molecule has 1 aromatic carbocycles. The van der Waals surface area contributed by atoms with Crippen molar-refractivity contribution in [3.8, 4) is 0 Å². The molecule has 0 bridgehead atoms. The molecule has 1 atom stereocenters. The van der Waals surface area contributed by atoms with Gasteiger partial charge in [-0.15, -0.1) is 11.8 Å². The van der Waals surface area contributed by atoms with E-state index in [0.717, 1.165) is 10.5 Å². The van der Waals surface area contributed by atoms with E-state index < -0.39 is 0 Å². The highest BCUT2D eigenvalue weighted by Gasteiger charge is 2.38. The van der Waals surface area contributed by atoms with Gasteiger partial charge < -0.3 is 5.32 Å². The van der Waals surface area contributed by atoms with Gasteiger partial charge >= 0.3 is 0 Å². The van der Waals surface area contributed by atoms with E-state index in [0.29, 0.717) is 25.9 Å². The second kappa shape index (κ2) is 10.6. The van der Waals surface area contributed by atoms with Gasteiger partial charge in [0.15, 0.2) is 0 Å². The summed E-state index contributed by atoms with van der Waals surface area (Å²) < 4.78 is 0. The van der Waals surface area contributed by atoms with E-state index in [1.165, 1.54) is 22.7 Å². The van der Waals surface area contributed by atoms with Crippen molar-refractivity contribution >= 4 is 35.6 Å². The zero-order valence-electron chi connectivity index (χ0n) is 16.0. The van der Waals surface area contributed by atoms with Crippen LogP contribution in [0.2, 0.25) is 0 Å². The number of rotatable bonds is 9. The minimum absolute atomic E-state index is 0.118. The summed E-state index contributed by atoms with van der Waals surface area (Å²) in [7, 11) is 0.